The minimum absolute atomic E-state index is 0. The smallest absolute Gasteiger partial charge is 0.493 e. The molecule has 0 spiro atoms. The van der Waals surface area contributed by atoms with Crippen molar-refractivity contribution in [2.45, 2.75) is 110 Å². The summed E-state index contributed by atoms with van der Waals surface area (Å²) in [6.07, 6.45) is -16.6. The minimum atomic E-state index is -5.38. The summed E-state index contributed by atoms with van der Waals surface area (Å²) < 4.78 is 339. The summed E-state index contributed by atoms with van der Waals surface area (Å²) in [7, 11) is -1.26. The number of benzene rings is 8. The number of halogens is 23. The first-order valence-corrected chi connectivity index (χ1v) is 29.1. The highest BCUT2D eigenvalue weighted by atomic mass is 79.9. The maximum absolute atomic E-state index is 14.9. The van der Waals surface area contributed by atoms with Crippen LogP contribution in [-0.4, -0.2) is 31.5 Å². The van der Waals surface area contributed by atoms with Gasteiger partial charge in [0, 0.05) is 41.0 Å². The summed E-state index contributed by atoms with van der Waals surface area (Å²) in [6, 6.07) is 14.4. The number of ether oxygens (including phenoxy) is 4. The van der Waals surface area contributed by atoms with Gasteiger partial charge in [-0.15, -0.1) is 0 Å². The van der Waals surface area contributed by atoms with E-state index in [9.17, 15) is 96.6 Å². The van der Waals surface area contributed by atoms with Crippen molar-refractivity contribution >= 4 is 28.5 Å². The molecule has 0 bridgehead atoms. The van der Waals surface area contributed by atoms with Crippen molar-refractivity contribution in [3.8, 4) is 56.4 Å². The molecule has 0 aliphatic carbocycles. The van der Waals surface area contributed by atoms with Crippen molar-refractivity contribution in [1.82, 2.24) is 0 Å². The molecule has 1 aliphatic rings. The van der Waals surface area contributed by atoms with E-state index in [0.29, 0.717) is 84.5 Å². The lowest BCUT2D eigenvalue weighted by Gasteiger charge is -2.32. The van der Waals surface area contributed by atoms with Crippen LogP contribution in [0.3, 0.4) is 0 Å². The fourth-order valence-electron chi connectivity index (χ4n) is 9.03. The van der Waals surface area contributed by atoms with Gasteiger partial charge in [-0.3, -0.25) is 0 Å². The SMILES string of the molecule is C.CC1(C)OB(c2cc(F)c(C(F)(F)Oc3ccc(-c4cc(F)c(C(F)(F)F)c(F)c4)c(F)c3)c(F)c2)OC1(C)C.CCCCOc1ccc(-c2cc(F)c(C(F)(F)Oc3ccc(-c4cc(F)c(C(F)(F)F)c(F)c4)c(F)c3)c(F)c2)c(F)c1.CCCCOc1ccc(Br)c(F)c1. The van der Waals surface area contributed by atoms with E-state index in [1.807, 2.05) is 6.92 Å². The highest BCUT2D eigenvalue weighted by Gasteiger charge is 2.53. The standard InChI is InChI=1S/C30H19F11O2.C26H19BF10O3.C10H12BrFO.CH4/c1-2-3-8-42-17-4-6-19(21(31)13-17)16-11-25(35)28(26(36)12-16)30(40,41)43-18-5-7-20(22(32)14-18)15-9-23(33)27(24(34)10-15)29(37,38)39;1-23(2)24(3,4)40-27(39-23)13-9-19(31)22(20(32)10-13)26(36,37)38-14-5-6-15(16(28)11-14)12-7-17(29)21(18(30)8-12)25(33,34)35;1-2-3-6-13-8-4-5-9(11)10(12)7-8;/h4-7,9-14H,2-3,8H2,1H3;5-11H,1-4H3;4-5,7H,2-3,6H2,1H3;1H4. The van der Waals surface area contributed by atoms with Gasteiger partial charge in [-0.25, -0.2) is 52.7 Å². The predicted molar refractivity (Wildman–Crippen MR) is 318 cm³/mol. The van der Waals surface area contributed by atoms with Gasteiger partial charge in [0.1, 0.15) is 115 Å². The van der Waals surface area contributed by atoms with Gasteiger partial charge in [-0.2, -0.15) is 43.9 Å². The van der Waals surface area contributed by atoms with E-state index in [1.165, 1.54) is 12.1 Å². The predicted octanol–water partition coefficient (Wildman–Crippen LogP) is 22.1. The van der Waals surface area contributed by atoms with Crippen LogP contribution >= 0.6 is 15.9 Å². The van der Waals surface area contributed by atoms with E-state index in [4.69, 9.17) is 18.8 Å². The Morgan fingerprint density at radius 2 is 0.649 bits per heavy atom. The van der Waals surface area contributed by atoms with Gasteiger partial charge in [0.05, 0.1) is 28.9 Å². The Hall–Kier alpha value is -8.12. The molecule has 1 aliphatic heterocycles. The molecule has 30 heteroatoms. The number of unbranched alkanes of at least 4 members (excludes halogenated alkanes) is 2. The zero-order valence-electron chi connectivity index (χ0n) is 50.5. The largest absolute Gasteiger partial charge is 0.495 e. The zero-order valence-corrected chi connectivity index (χ0v) is 52.1. The van der Waals surface area contributed by atoms with Crippen molar-refractivity contribution in [3.63, 3.8) is 0 Å². The van der Waals surface area contributed by atoms with Crippen LogP contribution in [0.4, 0.5) is 96.6 Å². The van der Waals surface area contributed by atoms with Gasteiger partial charge >= 0.3 is 31.7 Å². The Morgan fingerprint density at radius 3 is 0.948 bits per heavy atom. The molecular weight excluding hydrogens is 1410 g/mol. The monoisotopic (exact) mass is 1460 g/mol. The third-order valence-electron chi connectivity index (χ3n) is 14.5. The number of alkyl halides is 10. The van der Waals surface area contributed by atoms with Gasteiger partial charge in [0.25, 0.3) is 0 Å². The van der Waals surface area contributed by atoms with Crippen molar-refractivity contribution in [2.24, 2.45) is 0 Å². The van der Waals surface area contributed by atoms with Crippen LogP contribution in [0.1, 0.15) is 96.9 Å². The Kier molecular flexibility index (Phi) is 24.7. The molecule has 0 radical (unpaired) electrons. The molecule has 0 unspecified atom stereocenters. The van der Waals surface area contributed by atoms with Crippen molar-refractivity contribution in [1.29, 1.82) is 0 Å². The molecule has 8 aromatic rings. The quantitative estimate of drug-likeness (QED) is 0.0485. The molecule has 1 fully saturated rings. The van der Waals surface area contributed by atoms with Crippen LogP contribution in [0, 0.1) is 69.8 Å². The van der Waals surface area contributed by atoms with Gasteiger partial charge < -0.3 is 28.3 Å². The molecule has 1 heterocycles. The molecule has 8 aromatic carbocycles. The van der Waals surface area contributed by atoms with Gasteiger partial charge in [0.2, 0.25) is 0 Å². The average molecular weight is 1460 g/mol. The van der Waals surface area contributed by atoms with Gasteiger partial charge in [-0.05, 0) is 176 Å². The van der Waals surface area contributed by atoms with Crippen LogP contribution in [0.15, 0.2) is 126 Å². The van der Waals surface area contributed by atoms with E-state index in [0.717, 1.165) is 31.4 Å². The van der Waals surface area contributed by atoms with Crippen molar-refractivity contribution < 1.29 is 125 Å². The second kappa shape index (κ2) is 30.8. The van der Waals surface area contributed by atoms with Gasteiger partial charge in [0.15, 0.2) is 0 Å². The molecule has 0 amide bonds. The Morgan fingerprint density at radius 1 is 0.371 bits per heavy atom. The summed E-state index contributed by atoms with van der Waals surface area (Å²) in [5.74, 6) is -20.5. The molecule has 6 nitrogen and oxygen atoms in total. The molecular formula is C67H54BBrF22O6. The zero-order chi connectivity index (χ0) is 71.4. The fraction of sp³-hybridized carbons (Fsp3) is 0.284. The molecule has 1 saturated heterocycles. The molecule has 0 aromatic heterocycles. The first-order chi connectivity index (χ1) is 44.6. The first kappa shape index (κ1) is 77.9. The van der Waals surface area contributed by atoms with Crippen LogP contribution in [0.2, 0.25) is 0 Å². The van der Waals surface area contributed by atoms with E-state index in [-0.39, 0.29) is 60.4 Å². The van der Waals surface area contributed by atoms with Gasteiger partial charge in [-0.1, -0.05) is 34.1 Å². The topological polar surface area (TPSA) is 55.4 Å². The van der Waals surface area contributed by atoms with Crippen molar-refractivity contribution in [3.05, 3.63) is 218 Å². The summed E-state index contributed by atoms with van der Waals surface area (Å²) in [5.41, 5.74) is -13.5. The van der Waals surface area contributed by atoms with Crippen LogP contribution in [0.5, 0.6) is 23.0 Å². The van der Waals surface area contributed by atoms with Crippen LogP contribution in [-0.2, 0) is 33.9 Å². The fourth-order valence-corrected chi connectivity index (χ4v) is 9.28. The highest BCUT2D eigenvalue weighted by Crippen LogP contribution is 2.44. The maximum Gasteiger partial charge on any atom is 0.495 e. The Balaban J connectivity index is 0.000000257. The van der Waals surface area contributed by atoms with E-state index in [2.05, 4.69) is 32.3 Å². The summed E-state index contributed by atoms with van der Waals surface area (Å²) in [6.45, 7) is 11.7. The lowest BCUT2D eigenvalue weighted by molar-refractivity contribution is -0.190. The van der Waals surface area contributed by atoms with E-state index >= 15 is 0 Å². The van der Waals surface area contributed by atoms with Crippen LogP contribution < -0.4 is 24.4 Å². The summed E-state index contributed by atoms with van der Waals surface area (Å²) in [4.78, 5) is 0. The minimum Gasteiger partial charge on any atom is -0.493 e. The molecule has 522 valence electrons. The number of hydrogen-bond acceptors (Lipinski definition) is 6. The summed E-state index contributed by atoms with van der Waals surface area (Å²) in [5, 5.41) is 0. The lowest BCUT2D eigenvalue weighted by atomic mass is 9.78. The molecule has 0 saturated carbocycles. The first-order valence-electron chi connectivity index (χ1n) is 28.3. The number of hydrogen-bond donors (Lipinski definition) is 0. The Bertz CT molecular complexity index is 4020. The maximum atomic E-state index is 14.9. The second-order valence-corrected chi connectivity index (χ2v) is 22.9. The third kappa shape index (κ3) is 18.6. The van der Waals surface area contributed by atoms with E-state index in [1.54, 1.807) is 39.8 Å². The lowest BCUT2D eigenvalue weighted by Crippen LogP contribution is -2.41. The normalized spacial score (nSPS) is 13.6. The highest BCUT2D eigenvalue weighted by molar-refractivity contribution is 9.10. The van der Waals surface area contributed by atoms with Crippen LogP contribution in [0.25, 0.3) is 33.4 Å². The molecule has 9 rings (SSSR count). The third-order valence-corrected chi connectivity index (χ3v) is 15.2. The second-order valence-electron chi connectivity index (χ2n) is 22.0. The summed E-state index contributed by atoms with van der Waals surface area (Å²) >= 11 is 3.08. The van der Waals surface area contributed by atoms with Crippen molar-refractivity contribution in [2.75, 3.05) is 13.2 Å². The van der Waals surface area contributed by atoms with E-state index < -0.39 is 168 Å². The Labute approximate surface area is 549 Å². The molecule has 97 heavy (non-hydrogen) atoms. The number of rotatable bonds is 18. The molecule has 0 atom stereocenters. The molecule has 0 N–H and O–H groups in total. The average Bonchev–Trinajstić information content (AvgIpc) is 1.67.